The third kappa shape index (κ3) is 1.06. The van der Waals surface area contributed by atoms with Crippen LogP contribution in [0.1, 0.15) is 25.7 Å². The molecule has 13 heavy (non-hydrogen) atoms. The molecule has 0 spiro atoms. The first kappa shape index (κ1) is 7.42. The standard InChI is InChI=1S/C10H15N3/c1-2-7-3-4-9-8(6-12-13-9)10(7)11-5-1/h6-7,9,11,13H,1-5H2. The lowest BCUT2D eigenvalue weighted by Crippen LogP contribution is -2.37. The van der Waals surface area contributed by atoms with Crippen molar-refractivity contribution in [3.63, 3.8) is 0 Å². The molecule has 3 aliphatic rings. The Labute approximate surface area is 78.3 Å². The summed E-state index contributed by atoms with van der Waals surface area (Å²) >= 11 is 0. The minimum absolute atomic E-state index is 0.511. The third-order valence-electron chi connectivity index (χ3n) is 3.38. The molecule has 0 bridgehead atoms. The highest BCUT2D eigenvalue weighted by Crippen LogP contribution is 2.34. The molecule has 2 atom stereocenters. The third-order valence-corrected chi connectivity index (χ3v) is 3.38. The van der Waals surface area contributed by atoms with Crippen molar-refractivity contribution in [2.45, 2.75) is 31.7 Å². The van der Waals surface area contributed by atoms with Crippen LogP contribution in [0.5, 0.6) is 0 Å². The molecule has 2 heterocycles. The van der Waals surface area contributed by atoms with Crippen LogP contribution in [-0.4, -0.2) is 18.8 Å². The zero-order valence-corrected chi connectivity index (χ0v) is 7.71. The number of hydrogen-bond acceptors (Lipinski definition) is 3. The van der Waals surface area contributed by atoms with Gasteiger partial charge in [-0.25, -0.2) is 0 Å². The molecule has 1 aliphatic carbocycles. The van der Waals surface area contributed by atoms with Crippen LogP contribution in [0.3, 0.4) is 0 Å². The molecular weight excluding hydrogens is 162 g/mol. The lowest BCUT2D eigenvalue weighted by molar-refractivity contribution is 0.364. The number of rotatable bonds is 0. The highest BCUT2D eigenvalue weighted by Gasteiger charge is 2.32. The van der Waals surface area contributed by atoms with E-state index in [-0.39, 0.29) is 0 Å². The van der Waals surface area contributed by atoms with E-state index in [1.165, 1.54) is 37.0 Å². The largest absolute Gasteiger partial charge is 0.388 e. The first-order valence-electron chi connectivity index (χ1n) is 5.21. The van der Waals surface area contributed by atoms with Crippen molar-refractivity contribution in [2.75, 3.05) is 6.54 Å². The van der Waals surface area contributed by atoms with E-state index in [0.29, 0.717) is 6.04 Å². The fourth-order valence-electron chi connectivity index (χ4n) is 2.69. The monoisotopic (exact) mass is 177 g/mol. The van der Waals surface area contributed by atoms with Gasteiger partial charge in [-0.15, -0.1) is 0 Å². The van der Waals surface area contributed by atoms with Crippen molar-refractivity contribution >= 4 is 6.21 Å². The summed E-state index contributed by atoms with van der Waals surface area (Å²) in [6, 6.07) is 0.511. The Morgan fingerprint density at radius 2 is 2.31 bits per heavy atom. The second-order valence-corrected chi connectivity index (χ2v) is 4.15. The van der Waals surface area contributed by atoms with Gasteiger partial charge in [-0.1, -0.05) is 0 Å². The zero-order chi connectivity index (χ0) is 8.67. The molecule has 3 nitrogen and oxygen atoms in total. The van der Waals surface area contributed by atoms with E-state index in [0.717, 1.165) is 12.5 Å². The maximum absolute atomic E-state index is 4.15. The Kier molecular flexibility index (Phi) is 1.57. The molecule has 0 radical (unpaired) electrons. The molecule has 70 valence electrons. The smallest absolute Gasteiger partial charge is 0.0722 e. The minimum atomic E-state index is 0.511. The molecule has 3 rings (SSSR count). The zero-order valence-electron chi connectivity index (χ0n) is 7.71. The molecule has 2 unspecified atom stereocenters. The van der Waals surface area contributed by atoms with Gasteiger partial charge in [0.15, 0.2) is 0 Å². The van der Waals surface area contributed by atoms with Gasteiger partial charge in [0.05, 0.1) is 12.3 Å². The molecule has 0 aromatic rings. The van der Waals surface area contributed by atoms with Crippen molar-refractivity contribution in [1.29, 1.82) is 0 Å². The van der Waals surface area contributed by atoms with E-state index in [1.807, 2.05) is 6.21 Å². The SMILES string of the molecule is C1=NNC2CCC3CCCNC3=C12. The molecule has 0 saturated carbocycles. The van der Waals surface area contributed by atoms with Crippen LogP contribution in [0, 0.1) is 5.92 Å². The summed E-state index contributed by atoms with van der Waals surface area (Å²) in [5.41, 5.74) is 6.07. The number of allylic oxidation sites excluding steroid dienone is 1. The summed E-state index contributed by atoms with van der Waals surface area (Å²) in [5, 5.41) is 7.69. The van der Waals surface area contributed by atoms with Crippen molar-refractivity contribution < 1.29 is 0 Å². The Hall–Kier alpha value is -0.990. The Balaban J connectivity index is 1.98. The lowest BCUT2D eigenvalue weighted by atomic mass is 9.80. The van der Waals surface area contributed by atoms with Gasteiger partial charge < -0.3 is 10.7 Å². The van der Waals surface area contributed by atoms with Crippen molar-refractivity contribution in [3.05, 3.63) is 11.3 Å². The van der Waals surface area contributed by atoms with Crippen LogP contribution in [0.25, 0.3) is 0 Å². The molecule has 2 N–H and O–H groups in total. The van der Waals surface area contributed by atoms with Crippen molar-refractivity contribution in [3.8, 4) is 0 Å². The maximum Gasteiger partial charge on any atom is 0.0722 e. The van der Waals surface area contributed by atoms with Gasteiger partial charge in [-0.3, -0.25) is 0 Å². The highest BCUT2D eigenvalue weighted by atomic mass is 15.3. The first-order chi connectivity index (χ1) is 6.45. The number of nitrogens with zero attached hydrogens (tertiary/aromatic N) is 1. The number of nitrogens with one attached hydrogen (secondary N) is 2. The van der Waals surface area contributed by atoms with Crippen LogP contribution >= 0.6 is 0 Å². The van der Waals surface area contributed by atoms with Crippen LogP contribution in [-0.2, 0) is 0 Å². The molecule has 3 heteroatoms. The summed E-state index contributed by atoms with van der Waals surface area (Å²) in [4.78, 5) is 0. The Morgan fingerprint density at radius 1 is 1.31 bits per heavy atom. The van der Waals surface area contributed by atoms with Crippen LogP contribution in [0.15, 0.2) is 16.4 Å². The van der Waals surface area contributed by atoms with E-state index in [4.69, 9.17) is 0 Å². The predicted molar refractivity (Wildman–Crippen MR) is 52.4 cm³/mol. The number of piperidine rings is 1. The second kappa shape index (κ2) is 2.76. The highest BCUT2D eigenvalue weighted by molar-refractivity contribution is 5.83. The van der Waals surface area contributed by atoms with Crippen LogP contribution in [0.2, 0.25) is 0 Å². The Bertz CT molecular complexity index is 280. The second-order valence-electron chi connectivity index (χ2n) is 4.15. The lowest BCUT2D eigenvalue weighted by Gasteiger charge is -2.34. The maximum atomic E-state index is 4.15. The van der Waals surface area contributed by atoms with Crippen molar-refractivity contribution in [1.82, 2.24) is 10.7 Å². The summed E-state index contributed by atoms with van der Waals surface area (Å²) in [6.45, 7) is 1.15. The summed E-state index contributed by atoms with van der Waals surface area (Å²) < 4.78 is 0. The summed E-state index contributed by atoms with van der Waals surface area (Å²) in [7, 11) is 0. The topological polar surface area (TPSA) is 36.4 Å². The number of hydrogen-bond donors (Lipinski definition) is 2. The molecule has 0 aromatic carbocycles. The number of hydrazone groups is 1. The van der Waals surface area contributed by atoms with E-state index in [1.54, 1.807) is 0 Å². The molecule has 0 aromatic heterocycles. The van der Waals surface area contributed by atoms with Gasteiger partial charge in [-0.2, -0.15) is 5.10 Å². The summed E-state index contributed by atoms with van der Waals surface area (Å²) in [5.74, 6) is 0.798. The molecular formula is C10H15N3. The van der Waals surface area contributed by atoms with Gasteiger partial charge in [0.1, 0.15) is 0 Å². The van der Waals surface area contributed by atoms with Gasteiger partial charge in [-0.05, 0) is 31.6 Å². The molecule has 1 fully saturated rings. The normalized spacial score (nSPS) is 36.3. The number of fused-ring (bicyclic) bond motifs is 2. The van der Waals surface area contributed by atoms with Gasteiger partial charge in [0.25, 0.3) is 0 Å². The fraction of sp³-hybridized carbons (Fsp3) is 0.700. The average molecular weight is 177 g/mol. The molecule has 0 amide bonds. The average Bonchev–Trinajstić information content (AvgIpc) is 2.65. The quantitative estimate of drug-likeness (QED) is 0.579. The van der Waals surface area contributed by atoms with Gasteiger partial charge in [0.2, 0.25) is 0 Å². The van der Waals surface area contributed by atoms with E-state index < -0.39 is 0 Å². The Morgan fingerprint density at radius 3 is 3.31 bits per heavy atom. The fourth-order valence-corrected chi connectivity index (χ4v) is 2.69. The van der Waals surface area contributed by atoms with Gasteiger partial charge in [0, 0.05) is 17.8 Å². The van der Waals surface area contributed by atoms with E-state index in [2.05, 4.69) is 15.8 Å². The van der Waals surface area contributed by atoms with Crippen LogP contribution in [0.4, 0.5) is 0 Å². The predicted octanol–water partition coefficient (Wildman–Crippen LogP) is 0.991. The van der Waals surface area contributed by atoms with Crippen molar-refractivity contribution in [2.24, 2.45) is 11.0 Å². The van der Waals surface area contributed by atoms with E-state index in [9.17, 15) is 0 Å². The minimum Gasteiger partial charge on any atom is -0.388 e. The summed E-state index contributed by atoms with van der Waals surface area (Å²) in [6.07, 6.45) is 7.28. The van der Waals surface area contributed by atoms with E-state index >= 15 is 0 Å². The van der Waals surface area contributed by atoms with Crippen LogP contribution < -0.4 is 10.7 Å². The molecule has 2 aliphatic heterocycles. The van der Waals surface area contributed by atoms with Gasteiger partial charge >= 0.3 is 0 Å². The molecule has 1 saturated heterocycles. The first-order valence-corrected chi connectivity index (χ1v) is 5.21.